The van der Waals surface area contributed by atoms with E-state index in [4.69, 9.17) is 16.3 Å². The molecular formula is C17H22ClN3O2S2. The van der Waals surface area contributed by atoms with Crippen LogP contribution < -0.4 is 10.1 Å². The molecule has 0 aliphatic heterocycles. The highest BCUT2D eigenvalue weighted by Crippen LogP contribution is 2.28. The van der Waals surface area contributed by atoms with Crippen LogP contribution in [0.25, 0.3) is 0 Å². The molecule has 0 saturated carbocycles. The SMILES string of the molecule is Cc1cc(O[C@@H](C)C(=O)Nc2nnc(SCC(C)C)s2)cc(C)c1Cl. The van der Waals surface area contributed by atoms with Crippen molar-refractivity contribution in [3.63, 3.8) is 0 Å². The van der Waals surface area contributed by atoms with E-state index in [9.17, 15) is 4.79 Å². The van der Waals surface area contributed by atoms with Crippen molar-refractivity contribution in [3.05, 3.63) is 28.3 Å². The third kappa shape index (κ3) is 5.87. The second-order valence-electron chi connectivity index (χ2n) is 6.20. The molecule has 0 aliphatic rings. The molecule has 2 rings (SSSR count). The molecule has 1 aromatic carbocycles. The first-order valence-corrected chi connectivity index (χ1v) is 10.1. The Kier molecular flexibility index (Phi) is 7.10. The van der Waals surface area contributed by atoms with Gasteiger partial charge in [-0.3, -0.25) is 10.1 Å². The van der Waals surface area contributed by atoms with Crippen molar-refractivity contribution in [3.8, 4) is 5.75 Å². The van der Waals surface area contributed by atoms with Crippen molar-refractivity contribution in [2.24, 2.45) is 5.92 Å². The number of carbonyl (C=O) groups excluding carboxylic acids is 1. The molecule has 0 bridgehead atoms. The third-order valence-electron chi connectivity index (χ3n) is 3.27. The van der Waals surface area contributed by atoms with E-state index < -0.39 is 6.10 Å². The molecule has 25 heavy (non-hydrogen) atoms. The van der Waals surface area contributed by atoms with Gasteiger partial charge in [-0.1, -0.05) is 48.5 Å². The first kappa shape index (κ1) is 20.0. The van der Waals surface area contributed by atoms with E-state index in [1.54, 1.807) is 18.7 Å². The fourth-order valence-corrected chi connectivity index (χ4v) is 3.84. The Balaban J connectivity index is 1.94. The number of amides is 1. The molecule has 1 aromatic heterocycles. The van der Waals surface area contributed by atoms with Crippen molar-refractivity contribution < 1.29 is 9.53 Å². The maximum atomic E-state index is 12.3. The van der Waals surface area contributed by atoms with Gasteiger partial charge in [0.25, 0.3) is 5.91 Å². The lowest BCUT2D eigenvalue weighted by Crippen LogP contribution is -2.30. The number of nitrogens with one attached hydrogen (secondary N) is 1. The molecule has 2 aromatic rings. The molecule has 136 valence electrons. The monoisotopic (exact) mass is 399 g/mol. The van der Waals surface area contributed by atoms with Crippen LogP contribution in [-0.4, -0.2) is 28.0 Å². The van der Waals surface area contributed by atoms with Gasteiger partial charge in [0.1, 0.15) is 5.75 Å². The summed E-state index contributed by atoms with van der Waals surface area (Å²) in [6, 6.07) is 3.65. The Bertz CT molecular complexity index is 726. The molecule has 0 spiro atoms. The van der Waals surface area contributed by atoms with Crippen molar-refractivity contribution in [1.82, 2.24) is 10.2 Å². The highest BCUT2D eigenvalue weighted by Gasteiger charge is 2.18. The predicted molar refractivity (Wildman–Crippen MR) is 105 cm³/mol. The molecule has 5 nitrogen and oxygen atoms in total. The molecule has 0 aliphatic carbocycles. The average Bonchev–Trinajstić information content (AvgIpc) is 2.98. The fourth-order valence-electron chi connectivity index (χ4n) is 2.00. The van der Waals surface area contributed by atoms with Gasteiger partial charge >= 0.3 is 0 Å². The van der Waals surface area contributed by atoms with Gasteiger partial charge in [-0.15, -0.1) is 10.2 Å². The predicted octanol–water partition coefficient (Wildman–Crippen LogP) is 4.96. The minimum atomic E-state index is -0.657. The standard InChI is InChI=1S/C17H22ClN3O2S2/c1-9(2)8-24-17-21-20-16(25-17)19-15(22)12(5)23-13-6-10(3)14(18)11(4)7-13/h6-7,9,12H,8H2,1-5H3,(H,19,20,22)/t12-/m0/s1. The van der Waals surface area contributed by atoms with Gasteiger partial charge in [-0.05, 0) is 49.9 Å². The summed E-state index contributed by atoms with van der Waals surface area (Å²) in [5.74, 6) is 1.90. The highest BCUT2D eigenvalue weighted by molar-refractivity contribution is 8.01. The number of carbonyl (C=O) groups is 1. The van der Waals surface area contributed by atoms with E-state index in [0.717, 1.165) is 21.2 Å². The van der Waals surface area contributed by atoms with Gasteiger partial charge < -0.3 is 4.74 Å². The summed E-state index contributed by atoms with van der Waals surface area (Å²) in [6.45, 7) is 9.81. The number of hydrogen-bond acceptors (Lipinski definition) is 6. The average molecular weight is 400 g/mol. The van der Waals surface area contributed by atoms with Crippen molar-refractivity contribution >= 4 is 45.7 Å². The van der Waals surface area contributed by atoms with Crippen LogP contribution in [-0.2, 0) is 4.79 Å². The quantitative estimate of drug-likeness (QED) is 0.526. The second-order valence-corrected chi connectivity index (χ2v) is 8.82. The van der Waals surface area contributed by atoms with Crippen LogP contribution in [0.5, 0.6) is 5.75 Å². The number of benzene rings is 1. The van der Waals surface area contributed by atoms with Crippen LogP contribution in [0.15, 0.2) is 16.5 Å². The Morgan fingerprint density at radius 2 is 1.92 bits per heavy atom. The van der Waals surface area contributed by atoms with Crippen LogP contribution in [0.4, 0.5) is 5.13 Å². The number of hydrogen-bond donors (Lipinski definition) is 1. The zero-order chi connectivity index (χ0) is 18.6. The molecule has 0 fully saturated rings. The fraction of sp³-hybridized carbons (Fsp3) is 0.471. The van der Waals surface area contributed by atoms with Crippen LogP contribution in [0.3, 0.4) is 0 Å². The van der Waals surface area contributed by atoms with Gasteiger partial charge in [-0.25, -0.2) is 0 Å². The smallest absolute Gasteiger partial charge is 0.266 e. The third-order valence-corrected chi connectivity index (χ3v) is 6.26. The lowest BCUT2D eigenvalue weighted by atomic mass is 10.1. The number of aryl methyl sites for hydroxylation is 2. The van der Waals surface area contributed by atoms with E-state index >= 15 is 0 Å². The number of ether oxygens (including phenoxy) is 1. The van der Waals surface area contributed by atoms with Crippen molar-refractivity contribution in [1.29, 1.82) is 0 Å². The lowest BCUT2D eigenvalue weighted by molar-refractivity contribution is -0.122. The minimum Gasteiger partial charge on any atom is -0.481 e. The Morgan fingerprint density at radius 3 is 2.52 bits per heavy atom. The van der Waals surface area contributed by atoms with E-state index in [2.05, 4.69) is 29.4 Å². The normalized spacial score (nSPS) is 12.3. The summed E-state index contributed by atoms with van der Waals surface area (Å²) in [6.07, 6.45) is -0.657. The largest absolute Gasteiger partial charge is 0.481 e. The maximum absolute atomic E-state index is 12.3. The van der Waals surface area contributed by atoms with Gasteiger partial charge in [0.15, 0.2) is 10.4 Å². The van der Waals surface area contributed by atoms with Crippen LogP contribution in [0.2, 0.25) is 5.02 Å². The number of anilines is 1. The molecule has 1 heterocycles. The Hall–Kier alpha value is -1.31. The van der Waals surface area contributed by atoms with E-state index in [-0.39, 0.29) is 5.91 Å². The summed E-state index contributed by atoms with van der Waals surface area (Å²) in [7, 11) is 0. The van der Waals surface area contributed by atoms with Crippen molar-refractivity contribution in [2.45, 2.75) is 45.1 Å². The van der Waals surface area contributed by atoms with Gasteiger partial charge in [0.05, 0.1) is 0 Å². The molecule has 1 amide bonds. The molecule has 8 heteroatoms. The van der Waals surface area contributed by atoms with E-state index in [0.29, 0.717) is 21.8 Å². The molecule has 1 N–H and O–H groups in total. The number of aromatic nitrogens is 2. The van der Waals surface area contributed by atoms with Crippen molar-refractivity contribution in [2.75, 3.05) is 11.1 Å². The Morgan fingerprint density at radius 1 is 1.28 bits per heavy atom. The van der Waals surface area contributed by atoms with Crippen LogP contribution in [0.1, 0.15) is 31.9 Å². The molecule has 0 unspecified atom stereocenters. The van der Waals surface area contributed by atoms with Gasteiger partial charge in [0.2, 0.25) is 5.13 Å². The summed E-state index contributed by atoms with van der Waals surface area (Å²) < 4.78 is 6.58. The van der Waals surface area contributed by atoms with E-state index in [1.165, 1.54) is 11.3 Å². The molecule has 0 radical (unpaired) electrons. The maximum Gasteiger partial charge on any atom is 0.266 e. The molecule has 0 saturated heterocycles. The van der Waals surface area contributed by atoms with Gasteiger partial charge in [-0.2, -0.15) is 0 Å². The first-order chi connectivity index (χ1) is 11.8. The van der Waals surface area contributed by atoms with Crippen LogP contribution >= 0.6 is 34.7 Å². The Labute approximate surface area is 161 Å². The topological polar surface area (TPSA) is 64.1 Å². The zero-order valence-corrected chi connectivity index (χ0v) is 17.3. The number of rotatable bonds is 7. The lowest BCUT2D eigenvalue weighted by Gasteiger charge is -2.15. The zero-order valence-electron chi connectivity index (χ0n) is 14.9. The summed E-state index contributed by atoms with van der Waals surface area (Å²) >= 11 is 9.16. The van der Waals surface area contributed by atoms with Gasteiger partial charge in [0, 0.05) is 10.8 Å². The van der Waals surface area contributed by atoms with Crippen LogP contribution in [0, 0.1) is 19.8 Å². The first-order valence-electron chi connectivity index (χ1n) is 7.96. The molecule has 1 atom stereocenters. The number of halogens is 1. The minimum absolute atomic E-state index is 0.262. The number of thioether (sulfide) groups is 1. The summed E-state index contributed by atoms with van der Waals surface area (Å²) in [5.41, 5.74) is 1.83. The highest BCUT2D eigenvalue weighted by atomic mass is 35.5. The summed E-state index contributed by atoms with van der Waals surface area (Å²) in [5, 5.41) is 12.0. The molecular weight excluding hydrogens is 378 g/mol. The van der Waals surface area contributed by atoms with E-state index in [1.807, 2.05) is 26.0 Å². The number of nitrogens with zero attached hydrogens (tertiary/aromatic N) is 2. The second kappa shape index (κ2) is 8.87. The summed E-state index contributed by atoms with van der Waals surface area (Å²) in [4.78, 5) is 12.3.